The maximum absolute atomic E-state index is 9.45. The maximum Gasteiger partial charge on any atom is 0.224 e. The predicted octanol–water partition coefficient (Wildman–Crippen LogP) is 3.95. The Morgan fingerprint density at radius 3 is 2.50 bits per heavy atom. The lowest BCUT2D eigenvalue weighted by atomic mass is 10.00. The van der Waals surface area contributed by atoms with Crippen LogP contribution in [-0.4, -0.2) is 36.3 Å². The lowest BCUT2D eigenvalue weighted by molar-refractivity contribution is 0.122. The van der Waals surface area contributed by atoms with Gasteiger partial charge in [0, 0.05) is 30.3 Å². The normalized spacial score (nSPS) is 13.8. The first-order valence-electron chi connectivity index (χ1n) is 9.19. The summed E-state index contributed by atoms with van der Waals surface area (Å²) in [5, 5.41) is 9.45. The van der Waals surface area contributed by atoms with E-state index in [1.165, 1.54) is 0 Å². The molecule has 0 bridgehead atoms. The molecule has 0 spiro atoms. The summed E-state index contributed by atoms with van der Waals surface area (Å²) < 4.78 is 11.6. The number of morpholine rings is 1. The van der Waals surface area contributed by atoms with Crippen LogP contribution in [0.15, 0.2) is 54.6 Å². The van der Waals surface area contributed by atoms with E-state index in [0.29, 0.717) is 36.2 Å². The van der Waals surface area contributed by atoms with Gasteiger partial charge >= 0.3 is 0 Å². The number of benzene rings is 2. The Morgan fingerprint density at radius 2 is 1.71 bits per heavy atom. The molecule has 0 radical (unpaired) electrons. The number of rotatable bonds is 4. The van der Waals surface area contributed by atoms with Crippen molar-refractivity contribution in [1.82, 2.24) is 9.97 Å². The summed E-state index contributed by atoms with van der Waals surface area (Å²) in [5.74, 6) is 2.61. The fraction of sp³-hybridized carbons (Fsp3) is 0.227. The van der Waals surface area contributed by atoms with E-state index in [-0.39, 0.29) is 0 Å². The Balaban J connectivity index is 1.69. The molecule has 28 heavy (non-hydrogen) atoms. The molecule has 2 heterocycles. The number of anilines is 1. The highest BCUT2D eigenvalue weighted by molar-refractivity contribution is 5.75. The molecule has 4 rings (SSSR count). The second-order valence-corrected chi connectivity index (χ2v) is 6.47. The zero-order valence-corrected chi connectivity index (χ0v) is 15.6. The van der Waals surface area contributed by atoms with Gasteiger partial charge in [-0.25, -0.2) is 4.98 Å². The van der Waals surface area contributed by atoms with Crippen LogP contribution in [0.2, 0.25) is 0 Å². The molecule has 140 valence electrons. The fourth-order valence-electron chi connectivity index (χ4n) is 3.24. The standard InChI is InChI=1S/C22H20N4O2/c1-16-24-21(26-10-12-27-13-11-26)14-22(25-16)28-20-9-5-4-8-19(20)18-7-3-2-6-17(18)15-23/h2-9,14H,10-13H2,1H3. The number of nitriles is 1. The van der Waals surface area contributed by atoms with Crippen molar-refractivity contribution in [3.8, 4) is 28.8 Å². The predicted molar refractivity (Wildman–Crippen MR) is 106 cm³/mol. The van der Waals surface area contributed by atoms with Crippen LogP contribution < -0.4 is 9.64 Å². The van der Waals surface area contributed by atoms with Gasteiger partial charge in [0.2, 0.25) is 5.88 Å². The molecular formula is C22H20N4O2. The van der Waals surface area contributed by atoms with Crippen molar-refractivity contribution in [2.75, 3.05) is 31.2 Å². The first-order chi connectivity index (χ1) is 13.7. The molecule has 1 saturated heterocycles. The van der Waals surface area contributed by atoms with Crippen molar-refractivity contribution >= 4 is 5.82 Å². The first-order valence-corrected chi connectivity index (χ1v) is 9.19. The van der Waals surface area contributed by atoms with Crippen molar-refractivity contribution in [1.29, 1.82) is 5.26 Å². The lowest BCUT2D eigenvalue weighted by Crippen LogP contribution is -2.36. The summed E-state index contributed by atoms with van der Waals surface area (Å²) >= 11 is 0. The van der Waals surface area contributed by atoms with Crippen LogP contribution >= 0.6 is 0 Å². The zero-order valence-electron chi connectivity index (χ0n) is 15.6. The van der Waals surface area contributed by atoms with Crippen LogP contribution in [0.3, 0.4) is 0 Å². The quantitative estimate of drug-likeness (QED) is 0.690. The molecule has 0 atom stereocenters. The van der Waals surface area contributed by atoms with Gasteiger partial charge in [0.25, 0.3) is 0 Å². The number of hydrogen-bond acceptors (Lipinski definition) is 6. The number of ether oxygens (including phenoxy) is 2. The SMILES string of the molecule is Cc1nc(Oc2ccccc2-c2ccccc2C#N)cc(N2CCOCC2)n1. The molecular weight excluding hydrogens is 352 g/mol. The minimum Gasteiger partial charge on any atom is -0.438 e. The highest BCUT2D eigenvalue weighted by atomic mass is 16.5. The van der Waals surface area contributed by atoms with Crippen molar-refractivity contribution in [3.05, 3.63) is 66.0 Å². The molecule has 1 aliphatic rings. The number of para-hydroxylation sites is 1. The highest BCUT2D eigenvalue weighted by Gasteiger charge is 2.16. The van der Waals surface area contributed by atoms with Crippen molar-refractivity contribution in [2.24, 2.45) is 0 Å². The van der Waals surface area contributed by atoms with E-state index in [1.54, 1.807) is 6.07 Å². The minimum atomic E-state index is 0.482. The Labute approximate surface area is 164 Å². The largest absolute Gasteiger partial charge is 0.438 e. The molecule has 0 amide bonds. The molecule has 6 nitrogen and oxygen atoms in total. The summed E-state index contributed by atoms with van der Waals surface area (Å²) in [5.41, 5.74) is 2.29. The molecule has 0 N–H and O–H groups in total. The number of nitrogens with zero attached hydrogens (tertiary/aromatic N) is 4. The van der Waals surface area contributed by atoms with Crippen LogP contribution in [-0.2, 0) is 4.74 Å². The average molecular weight is 372 g/mol. The molecule has 0 unspecified atom stereocenters. The minimum absolute atomic E-state index is 0.482. The van der Waals surface area contributed by atoms with Crippen molar-refractivity contribution in [3.63, 3.8) is 0 Å². The molecule has 1 aliphatic heterocycles. The summed E-state index contributed by atoms with van der Waals surface area (Å²) in [6.45, 7) is 4.82. The zero-order chi connectivity index (χ0) is 19.3. The third-order valence-corrected chi connectivity index (χ3v) is 4.58. The van der Waals surface area contributed by atoms with Gasteiger partial charge in [-0.2, -0.15) is 10.2 Å². The fourth-order valence-corrected chi connectivity index (χ4v) is 3.24. The first kappa shape index (κ1) is 18.0. The number of aryl methyl sites for hydroxylation is 1. The monoisotopic (exact) mass is 372 g/mol. The van der Waals surface area contributed by atoms with Crippen LogP contribution in [0.1, 0.15) is 11.4 Å². The molecule has 1 aromatic heterocycles. The number of aromatic nitrogens is 2. The van der Waals surface area contributed by atoms with Crippen LogP contribution in [0.5, 0.6) is 11.6 Å². The van der Waals surface area contributed by atoms with E-state index >= 15 is 0 Å². The summed E-state index contributed by atoms with van der Waals surface area (Å²) in [6, 6.07) is 19.3. The second-order valence-electron chi connectivity index (χ2n) is 6.47. The number of hydrogen-bond donors (Lipinski definition) is 0. The van der Waals surface area contributed by atoms with Crippen molar-refractivity contribution < 1.29 is 9.47 Å². The summed E-state index contributed by atoms with van der Waals surface area (Å²) in [7, 11) is 0. The Kier molecular flexibility index (Phi) is 5.18. The van der Waals surface area contributed by atoms with Gasteiger partial charge < -0.3 is 14.4 Å². The summed E-state index contributed by atoms with van der Waals surface area (Å²) in [4.78, 5) is 11.2. The molecule has 1 fully saturated rings. The Morgan fingerprint density at radius 1 is 1.00 bits per heavy atom. The van der Waals surface area contributed by atoms with E-state index in [4.69, 9.17) is 9.47 Å². The smallest absolute Gasteiger partial charge is 0.224 e. The summed E-state index contributed by atoms with van der Waals surface area (Å²) in [6.07, 6.45) is 0. The van der Waals surface area contributed by atoms with Gasteiger partial charge in [0.1, 0.15) is 17.4 Å². The van der Waals surface area contributed by atoms with Crippen LogP contribution in [0.25, 0.3) is 11.1 Å². The van der Waals surface area contributed by atoms with Gasteiger partial charge in [0.15, 0.2) is 0 Å². The highest BCUT2D eigenvalue weighted by Crippen LogP contribution is 2.35. The molecule has 2 aromatic carbocycles. The molecule has 0 aliphatic carbocycles. The topological polar surface area (TPSA) is 71.3 Å². The van der Waals surface area contributed by atoms with Crippen LogP contribution in [0, 0.1) is 18.3 Å². The maximum atomic E-state index is 9.45. The molecule has 6 heteroatoms. The Bertz CT molecular complexity index is 1020. The molecule has 3 aromatic rings. The van der Waals surface area contributed by atoms with Gasteiger partial charge in [0.05, 0.1) is 24.8 Å². The third-order valence-electron chi connectivity index (χ3n) is 4.58. The average Bonchev–Trinajstić information content (AvgIpc) is 2.74. The van der Waals surface area contributed by atoms with Gasteiger partial charge in [-0.3, -0.25) is 0 Å². The van der Waals surface area contributed by atoms with Crippen LogP contribution in [0.4, 0.5) is 5.82 Å². The van der Waals surface area contributed by atoms with E-state index in [2.05, 4.69) is 20.9 Å². The van der Waals surface area contributed by atoms with E-state index in [0.717, 1.165) is 30.0 Å². The van der Waals surface area contributed by atoms with Gasteiger partial charge in [-0.05, 0) is 19.1 Å². The Hall–Kier alpha value is -3.43. The van der Waals surface area contributed by atoms with E-state index in [1.807, 2.05) is 55.5 Å². The lowest BCUT2D eigenvalue weighted by Gasteiger charge is -2.28. The van der Waals surface area contributed by atoms with E-state index < -0.39 is 0 Å². The molecule has 0 saturated carbocycles. The third kappa shape index (κ3) is 3.80. The van der Waals surface area contributed by atoms with E-state index in [9.17, 15) is 5.26 Å². The van der Waals surface area contributed by atoms with Gasteiger partial charge in [-0.1, -0.05) is 36.4 Å². The van der Waals surface area contributed by atoms with Crippen molar-refractivity contribution in [2.45, 2.75) is 6.92 Å². The van der Waals surface area contributed by atoms with Gasteiger partial charge in [-0.15, -0.1) is 0 Å². The second kappa shape index (κ2) is 8.07.